The maximum Gasteiger partial charge on any atom is 0.338 e. The standard InChI is InChI=1S/C19H25NO5S/c1-14(18(21)20-12-11-15-7-4-3-5-8-15)25-19(22)16-9-6-10-17(13-16)26(2,23)24/h6-7,9-10,13-14H,3-5,8,11-12H2,1-2H3,(H,20,21)/t14-/m1/s1. The minimum absolute atomic E-state index is 0.0322. The second-order valence-corrected chi connectivity index (χ2v) is 8.51. The zero-order chi connectivity index (χ0) is 19.2. The van der Waals surface area contributed by atoms with Gasteiger partial charge in [-0.15, -0.1) is 0 Å². The molecule has 1 amide bonds. The lowest BCUT2D eigenvalue weighted by molar-refractivity contribution is -0.129. The van der Waals surface area contributed by atoms with Crippen molar-refractivity contribution in [2.75, 3.05) is 12.8 Å². The second kappa shape index (κ2) is 8.98. The molecule has 7 heteroatoms. The minimum Gasteiger partial charge on any atom is -0.449 e. The summed E-state index contributed by atoms with van der Waals surface area (Å²) in [4.78, 5) is 24.3. The molecule has 1 aromatic rings. The van der Waals surface area contributed by atoms with E-state index in [0.29, 0.717) is 6.54 Å². The summed E-state index contributed by atoms with van der Waals surface area (Å²) in [5.41, 5.74) is 1.46. The van der Waals surface area contributed by atoms with Crippen LogP contribution in [0.25, 0.3) is 0 Å². The average Bonchev–Trinajstić information content (AvgIpc) is 2.61. The summed E-state index contributed by atoms with van der Waals surface area (Å²) in [6.45, 7) is 2.00. The van der Waals surface area contributed by atoms with Gasteiger partial charge in [0.05, 0.1) is 10.5 Å². The van der Waals surface area contributed by atoms with E-state index < -0.39 is 21.9 Å². The molecule has 0 unspecified atom stereocenters. The second-order valence-electron chi connectivity index (χ2n) is 6.50. The highest BCUT2D eigenvalue weighted by Gasteiger charge is 2.20. The van der Waals surface area contributed by atoms with Crippen LogP contribution in [-0.2, 0) is 19.4 Å². The number of amides is 1. The number of hydrogen-bond donors (Lipinski definition) is 1. The van der Waals surface area contributed by atoms with Gasteiger partial charge in [0.2, 0.25) is 0 Å². The van der Waals surface area contributed by atoms with E-state index in [1.807, 2.05) is 0 Å². The van der Waals surface area contributed by atoms with Crippen LogP contribution in [0.15, 0.2) is 40.8 Å². The fraction of sp³-hybridized carbons (Fsp3) is 0.474. The van der Waals surface area contributed by atoms with Gasteiger partial charge in [-0.1, -0.05) is 17.7 Å². The normalized spacial score (nSPS) is 15.7. The van der Waals surface area contributed by atoms with Crippen LogP contribution in [0.3, 0.4) is 0 Å². The molecule has 0 saturated heterocycles. The number of rotatable bonds is 7. The van der Waals surface area contributed by atoms with Crippen molar-refractivity contribution in [2.24, 2.45) is 0 Å². The molecule has 0 spiro atoms. The number of carbonyl (C=O) groups is 2. The van der Waals surface area contributed by atoms with Crippen LogP contribution in [0.4, 0.5) is 0 Å². The molecule has 1 aromatic carbocycles. The van der Waals surface area contributed by atoms with Crippen LogP contribution in [-0.4, -0.2) is 39.2 Å². The molecular weight excluding hydrogens is 354 g/mol. The maximum atomic E-state index is 12.2. The Morgan fingerprint density at radius 2 is 2.04 bits per heavy atom. The number of nitrogens with one attached hydrogen (secondary N) is 1. The number of esters is 1. The van der Waals surface area contributed by atoms with Crippen LogP contribution >= 0.6 is 0 Å². The number of allylic oxidation sites excluding steroid dienone is 1. The van der Waals surface area contributed by atoms with E-state index in [9.17, 15) is 18.0 Å². The molecule has 2 rings (SSSR count). The molecule has 0 aromatic heterocycles. The van der Waals surface area contributed by atoms with Crippen LogP contribution < -0.4 is 5.32 Å². The van der Waals surface area contributed by atoms with Gasteiger partial charge in [-0.05, 0) is 57.2 Å². The van der Waals surface area contributed by atoms with Gasteiger partial charge in [0.25, 0.3) is 5.91 Å². The molecule has 1 atom stereocenters. The highest BCUT2D eigenvalue weighted by molar-refractivity contribution is 7.90. The number of sulfone groups is 1. The first-order chi connectivity index (χ1) is 12.3. The van der Waals surface area contributed by atoms with E-state index in [2.05, 4.69) is 11.4 Å². The summed E-state index contributed by atoms with van der Waals surface area (Å²) in [5, 5.41) is 2.77. The summed E-state index contributed by atoms with van der Waals surface area (Å²) in [6, 6.07) is 5.58. The van der Waals surface area contributed by atoms with Crippen molar-refractivity contribution < 1.29 is 22.7 Å². The molecule has 0 aliphatic heterocycles. The molecule has 1 aliphatic carbocycles. The monoisotopic (exact) mass is 379 g/mol. The lowest BCUT2D eigenvalue weighted by Gasteiger charge is -2.15. The maximum absolute atomic E-state index is 12.2. The first-order valence-corrected chi connectivity index (χ1v) is 10.6. The summed E-state index contributed by atoms with van der Waals surface area (Å²) in [6.07, 6.45) is 7.75. The zero-order valence-electron chi connectivity index (χ0n) is 15.2. The lowest BCUT2D eigenvalue weighted by atomic mass is 9.97. The molecule has 1 aliphatic rings. The summed E-state index contributed by atoms with van der Waals surface area (Å²) in [7, 11) is -3.42. The highest BCUT2D eigenvalue weighted by atomic mass is 32.2. The van der Waals surface area contributed by atoms with E-state index in [1.165, 1.54) is 49.6 Å². The molecule has 142 valence electrons. The van der Waals surface area contributed by atoms with E-state index in [1.54, 1.807) is 0 Å². The Kier molecular flexibility index (Phi) is 6.97. The molecular formula is C19H25NO5S. The Labute approximate surface area is 154 Å². The fourth-order valence-corrected chi connectivity index (χ4v) is 3.42. The molecule has 0 radical (unpaired) electrons. The van der Waals surface area contributed by atoms with Crippen molar-refractivity contribution in [3.63, 3.8) is 0 Å². The Hall–Kier alpha value is -2.15. The molecule has 26 heavy (non-hydrogen) atoms. The van der Waals surface area contributed by atoms with Gasteiger partial charge in [-0.2, -0.15) is 0 Å². The van der Waals surface area contributed by atoms with Crippen molar-refractivity contribution in [1.29, 1.82) is 0 Å². The van der Waals surface area contributed by atoms with E-state index in [-0.39, 0.29) is 16.4 Å². The highest BCUT2D eigenvalue weighted by Crippen LogP contribution is 2.19. The van der Waals surface area contributed by atoms with Crippen molar-refractivity contribution in [2.45, 2.75) is 50.0 Å². The average molecular weight is 379 g/mol. The molecule has 6 nitrogen and oxygen atoms in total. The number of benzene rings is 1. The van der Waals surface area contributed by atoms with Gasteiger partial charge < -0.3 is 10.1 Å². The van der Waals surface area contributed by atoms with Gasteiger partial charge in [-0.25, -0.2) is 13.2 Å². The fourth-order valence-electron chi connectivity index (χ4n) is 2.76. The van der Waals surface area contributed by atoms with Gasteiger partial charge in [0.1, 0.15) is 0 Å². The van der Waals surface area contributed by atoms with Crippen molar-refractivity contribution in [3.05, 3.63) is 41.5 Å². The molecule has 0 saturated carbocycles. The molecule has 1 N–H and O–H groups in total. The summed E-state index contributed by atoms with van der Waals surface area (Å²) < 4.78 is 28.3. The topological polar surface area (TPSA) is 89.5 Å². The number of hydrogen-bond acceptors (Lipinski definition) is 5. The first kappa shape index (κ1) is 20.2. The van der Waals surface area contributed by atoms with Crippen molar-refractivity contribution in [3.8, 4) is 0 Å². The minimum atomic E-state index is -3.42. The first-order valence-electron chi connectivity index (χ1n) is 8.74. The van der Waals surface area contributed by atoms with Crippen molar-refractivity contribution in [1.82, 2.24) is 5.32 Å². The zero-order valence-corrected chi connectivity index (χ0v) is 16.0. The quantitative estimate of drug-likeness (QED) is 0.581. The summed E-state index contributed by atoms with van der Waals surface area (Å²) in [5.74, 6) is -1.10. The SMILES string of the molecule is C[C@@H](OC(=O)c1cccc(S(C)(=O)=O)c1)C(=O)NCCC1=CCCCC1. The third-order valence-corrected chi connectivity index (χ3v) is 5.39. The Bertz CT molecular complexity index is 798. The third-order valence-electron chi connectivity index (χ3n) is 4.28. The van der Waals surface area contributed by atoms with Crippen LogP contribution in [0.2, 0.25) is 0 Å². The van der Waals surface area contributed by atoms with Crippen LogP contribution in [0, 0.1) is 0 Å². The molecule has 0 fully saturated rings. The van der Waals surface area contributed by atoms with Gasteiger partial charge in [0.15, 0.2) is 15.9 Å². The summed E-state index contributed by atoms with van der Waals surface area (Å²) >= 11 is 0. The van der Waals surface area contributed by atoms with Gasteiger partial charge in [-0.3, -0.25) is 4.79 Å². The Balaban J connectivity index is 1.86. The van der Waals surface area contributed by atoms with E-state index in [0.717, 1.165) is 25.5 Å². The molecule has 0 bridgehead atoms. The van der Waals surface area contributed by atoms with Crippen LogP contribution in [0.1, 0.15) is 49.4 Å². The Morgan fingerprint density at radius 3 is 2.69 bits per heavy atom. The van der Waals surface area contributed by atoms with E-state index in [4.69, 9.17) is 4.74 Å². The predicted octanol–water partition coefficient (Wildman–Crippen LogP) is 2.64. The smallest absolute Gasteiger partial charge is 0.338 e. The third kappa shape index (κ3) is 5.98. The number of carbonyl (C=O) groups excluding carboxylic acids is 2. The number of ether oxygens (including phenoxy) is 1. The lowest BCUT2D eigenvalue weighted by Crippen LogP contribution is -2.36. The molecule has 0 heterocycles. The van der Waals surface area contributed by atoms with E-state index >= 15 is 0 Å². The predicted molar refractivity (Wildman–Crippen MR) is 98.6 cm³/mol. The van der Waals surface area contributed by atoms with Crippen molar-refractivity contribution >= 4 is 21.7 Å². The van der Waals surface area contributed by atoms with Gasteiger partial charge >= 0.3 is 5.97 Å². The van der Waals surface area contributed by atoms with Crippen LogP contribution in [0.5, 0.6) is 0 Å². The Morgan fingerprint density at radius 1 is 1.27 bits per heavy atom. The van der Waals surface area contributed by atoms with Gasteiger partial charge in [0, 0.05) is 12.8 Å². The largest absolute Gasteiger partial charge is 0.449 e.